The Bertz CT molecular complexity index is 701. The van der Waals surface area contributed by atoms with Gasteiger partial charge < -0.3 is 14.3 Å². The van der Waals surface area contributed by atoms with Crippen molar-refractivity contribution in [1.29, 1.82) is 0 Å². The van der Waals surface area contributed by atoms with E-state index in [0.29, 0.717) is 6.61 Å². The van der Waals surface area contributed by atoms with E-state index in [4.69, 9.17) is 14.3 Å². The molecular formula is C18H18O4. The van der Waals surface area contributed by atoms with Crippen molar-refractivity contribution >= 4 is 17.1 Å². The van der Waals surface area contributed by atoms with E-state index in [1.807, 2.05) is 48.5 Å². The summed E-state index contributed by atoms with van der Waals surface area (Å²) >= 11 is 0. The Labute approximate surface area is 128 Å². The molecule has 2 atom stereocenters. The normalized spacial score (nSPS) is 18.0. The van der Waals surface area contributed by atoms with Crippen molar-refractivity contribution in [3.63, 3.8) is 0 Å². The minimum Gasteiger partial charge on any atom is -0.493 e. The minimum atomic E-state index is -0.739. The number of carboxylic acid groups (broad SMARTS) is 1. The van der Waals surface area contributed by atoms with Gasteiger partial charge in [0.05, 0.1) is 12.5 Å². The van der Waals surface area contributed by atoms with Crippen LogP contribution in [0.25, 0.3) is 11.2 Å². The van der Waals surface area contributed by atoms with Crippen LogP contribution in [0.1, 0.15) is 24.8 Å². The first-order valence-electron chi connectivity index (χ1n) is 7.37. The Morgan fingerprint density at radius 2 is 1.77 bits per heavy atom. The zero-order valence-electron chi connectivity index (χ0n) is 12.4. The number of carbonyl (C=O) groups is 1. The maximum atomic E-state index is 11.0. The highest BCUT2D eigenvalue weighted by Gasteiger charge is 2.29. The molecule has 1 N–H and O–H groups in total. The van der Waals surface area contributed by atoms with Crippen LogP contribution in [0.2, 0.25) is 0 Å². The van der Waals surface area contributed by atoms with Gasteiger partial charge in [-0.05, 0) is 42.3 Å². The van der Waals surface area contributed by atoms with E-state index >= 15 is 0 Å². The SMILES string of the molecule is CC(C(=O)O)C1CCOc2ccccc21.c1cc2ccc1o2. The van der Waals surface area contributed by atoms with Crippen molar-refractivity contribution in [2.75, 3.05) is 6.61 Å². The number of para-hydroxylation sites is 1. The number of benzene rings is 2. The zero-order valence-corrected chi connectivity index (χ0v) is 12.4. The summed E-state index contributed by atoms with van der Waals surface area (Å²) in [6, 6.07) is 15.5. The number of hydrogen-bond acceptors (Lipinski definition) is 3. The number of hydrogen-bond donors (Lipinski definition) is 1. The van der Waals surface area contributed by atoms with Gasteiger partial charge in [-0.25, -0.2) is 0 Å². The summed E-state index contributed by atoms with van der Waals surface area (Å²) in [6.07, 6.45) is 0.782. The summed E-state index contributed by atoms with van der Waals surface area (Å²) in [5.74, 6) is -0.180. The molecule has 114 valence electrons. The predicted molar refractivity (Wildman–Crippen MR) is 83.5 cm³/mol. The molecule has 4 nitrogen and oxygen atoms in total. The first kappa shape index (κ1) is 14.4. The van der Waals surface area contributed by atoms with Crippen LogP contribution >= 0.6 is 0 Å². The van der Waals surface area contributed by atoms with Gasteiger partial charge in [0.25, 0.3) is 0 Å². The first-order chi connectivity index (χ1) is 10.6. The summed E-state index contributed by atoms with van der Waals surface area (Å²) < 4.78 is 10.6. The smallest absolute Gasteiger partial charge is 0.306 e. The maximum absolute atomic E-state index is 11.0. The van der Waals surface area contributed by atoms with Crippen molar-refractivity contribution in [1.82, 2.24) is 0 Å². The average Bonchev–Trinajstić information content (AvgIpc) is 3.19. The molecule has 3 aromatic rings. The van der Waals surface area contributed by atoms with Crippen molar-refractivity contribution in [3.05, 3.63) is 54.1 Å². The Balaban J connectivity index is 0.000000169. The zero-order chi connectivity index (χ0) is 15.5. The van der Waals surface area contributed by atoms with Crippen molar-refractivity contribution in [3.8, 4) is 5.75 Å². The summed E-state index contributed by atoms with van der Waals surface area (Å²) in [7, 11) is 0. The van der Waals surface area contributed by atoms with Crippen LogP contribution in [0, 0.1) is 5.92 Å². The third-order valence-corrected chi connectivity index (χ3v) is 4.06. The van der Waals surface area contributed by atoms with E-state index in [1.54, 1.807) is 6.92 Å². The molecule has 1 aliphatic heterocycles. The van der Waals surface area contributed by atoms with Crippen LogP contribution in [0.3, 0.4) is 0 Å². The summed E-state index contributed by atoms with van der Waals surface area (Å²) in [5, 5.41) is 9.02. The summed E-state index contributed by atoms with van der Waals surface area (Å²) in [4.78, 5) is 11.0. The number of rotatable bonds is 2. The fourth-order valence-electron chi connectivity index (χ4n) is 2.77. The molecule has 1 aromatic carbocycles. The van der Waals surface area contributed by atoms with Gasteiger partial charge in [0, 0.05) is 5.92 Å². The molecule has 0 spiro atoms. The van der Waals surface area contributed by atoms with Crippen molar-refractivity contribution in [2.24, 2.45) is 5.92 Å². The van der Waals surface area contributed by atoms with E-state index < -0.39 is 5.97 Å². The maximum Gasteiger partial charge on any atom is 0.306 e. The van der Waals surface area contributed by atoms with Gasteiger partial charge in [-0.2, -0.15) is 0 Å². The molecule has 2 aromatic heterocycles. The average molecular weight is 298 g/mol. The van der Waals surface area contributed by atoms with Gasteiger partial charge in [-0.15, -0.1) is 0 Å². The topological polar surface area (TPSA) is 59.7 Å². The fraction of sp³-hybridized carbons (Fsp3) is 0.278. The molecule has 2 bridgehead atoms. The quantitative estimate of drug-likeness (QED) is 0.772. The molecule has 0 fully saturated rings. The van der Waals surface area contributed by atoms with Gasteiger partial charge in [-0.3, -0.25) is 4.79 Å². The molecule has 1 aliphatic rings. The summed E-state index contributed by atoms with van der Waals surface area (Å²) in [5.41, 5.74) is 2.96. The lowest BCUT2D eigenvalue weighted by Gasteiger charge is -2.28. The third-order valence-electron chi connectivity index (χ3n) is 4.06. The number of furan rings is 2. The highest BCUT2D eigenvalue weighted by atomic mass is 16.5. The highest BCUT2D eigenvalue weighted by Crippen LogP contribution is 2.37. The van der Waals surface area contributed by atoms with E-state index in [1.165, 1.54) is 0 Å². The fourth-order valence-corrected chi connectivity index (χ4v) is 2.77. The second-order valence-electron chi connectivity index (χ2n) is 5.48. The predicted octanol–water partition coefficient (Wildman–Crippen LogP) is 4.14. The number of fused-ring (bicyclic) bond motifs is 3. The van der Waals surface area contributed by atoms with Crippen LogP contribution in [-0.4, -0.2) is 17.7 Å². The van der Waals surface area contributed by atoms with E-state index in [0.717, 1.165) is 28.9 Å². The van der Waals surface area contributed by atoms with Crippen LogP contribution in [0.15, 0.2) is 52.9 Å². The molecule has 0 amide bonds. The lowest BCUT2D eigenvalue weighted by molar-refractivity contribution is -0.142. The molecule has 0 saturated heterocycles. The minimum absolute atomic E-state index is 0.0763. The Kier molecular flexibility index (Phi) is 4.00. The Morgan fingerprint density at radius 3 is 2.32 bits per heavy atom. The molecule has 0 aliphatic carbocycles. The van der Waals surface area contributed by atoms with E-state index in [-0.39, 0.29) is 11.8 Å². The van der Waals surface area contributed by atoms with Gasteiger partial charge in [0.15, 0.2) is 0 Å². The van der Waals surface area contributed by atoms with Gasteiger partial charge in [0.1, 0.15) is 16.9 Å². The lowest BCUT2D eigenvalue weighted by Crippen LogP contribution is -2.24. The first-order valence-corrected chi connectivity index (χ1v) is 7.37. The monoisotopic (exact) mass is 298 g/mol. The second-order valence-corrected chi connectivity index (χ2v) is 5.48. The van der Waals surface area contributed by atoms with Crippen molar-refractivity contribution < 1.29 is 19.1 Å². The molecule has 4 rings (SSSR count). The number of aliphatic carboxylic acids is 1. The number of ether oxygens (including phenoxy) is 1. The van der Waals surface area contributed by atoms with Gasteiger partial charge >= 0.3 is 5.97 Å². The molecule has 0 radical (unpaired) electrons. The van der Waals surface area contributed by atoms with Crippen LogP contribution in [0.4, 0.5) is 0 Å². The van der Waals surface area contributed by atoms with Crippen LogP contribution in [-0.2, 0) is 4.79 Å². The second kappa shape index (κ2) is 6.10. The van der Waals surface area contributed by atoms with Crippen LogP contribution in [0.5, 0.6) is 5.75 Å². The van der Waals surface area contributed by atoms with E-state index in [9.17, 15) is 4.79 Å². The molecule has 3 heterocycles. The van der Waals surface area contributed by atoms with Crippen molar-refractivity contribution in [2.45, 2.75) is 19.3 Å². The molecule has 2 unspecified atom stereocenters. The molecular weight excluding hydrogens is 280 g/mol. The standard InChI is InChI=1S/C12H14O3.C6H4O/c1-8(12(13)14)9-6-7-15-11-5-3-2-4-10(9)11;1-2-6-4-3-5(1)7-6/h2-5,8-9H,6-7H2,1H3,(H,13,14);1-4H. The number of carboxylic acids is 1. The lowest BCUT2D eigenvalue weighted by atomic mass is 9.83. The Hall–Kier alpha value is -2.49. The highest BCUT2D eigenvalue weighted by molar-refractivity contribution is 5.71. The van der Waals surface area contributed by atoms with Gasteiger partial charge in [0.2, 0.25) is 0 Å². The largest absolute Gasteiger partial charge is 0.493 e. The Morgan fingerprint density at radius 1 is 1.14 bits per heavy atom. The molecule has 0 saturated carbocycles. The summed E-state index contributed by atoms with van der Waals surface area (Å²) in [6.45, 7) is 2.37. The third kappa shape index (κ3) is 2.91. The van der Waals surface area contributed by atoms with Gasteiger partial charge in [-0.1, -0.05) is 25.1 Å². The van der Waals surface area contributed by atoms with Crippen LogP contribution < -0.4 is 4.74 Å². The van der Waals surface area contributed by atoms with E-state index in [2.05, 4.69) is 0 Å². The molecule has 22 heavy (non-hydrogen) atoms. The molecule has 4 heteroatoms.